The van der Waals surface area contributed by atoms with Gasteiger partial charge in [-0.2, -0.15) is 0 Å². The van der Waals surface area contributed by atoms with Crippen molar-refractivity contribution in [1.82, 2.24) is 10.2 Å². The largest absolute Gasteiger partial charge is 0.465 e. The number of nitrogens with one attached hydrogen (secondary N) is 2. The van der Waals surface area contributed by atoms with Crippen LogP contribution in [0.2, 0.25) is 0 Å². The van der Waals surface area contributed by atoms with E-state index in [-0.39, 0.29) is 17.7 Å². The molecule has 1 aliphatic rings. The highest BCUT2D eigenvalue weighted by Crippen LogP contribution is 2.23. The smallest absolute Gasteiger partial charge is 0.253 e. The molecule has 2 N–H and O–H groups in total. The molecule has 1 aromatic heterocycles. The van der Waals surface area contributed by atoms with Crippen molar-refractivity contribution in [1.29, 1.82) is 0 Å². The minimum absolute atomic E-state index is 0.000984. The molecule has 2 heterocycles. The Kier molecular flexibility index (Phi) is 7.27. The standard InChI is InChI=1S/C23H29N3O4/c1-16-5-11-21(30-16)14-24-22(28)12-6-18-4-3-13-26(15-18)23(29)19-7-9-20(10-8-19)25-17(2)27/h5,7-11,18H,3-4,6,12-15H2,1-2H3,(H,24,28)(H,25,27)/t18-/m0/s1. The monoisotopic (exact) mass is 411 g/mol. The molecule has 3 amide bonds. The topological polar surface area (TPSA) is 91.7 Å². The lowest BCUT2D eigenvalue weighted by Gasteiger charge is -2.33. The third kappa shape index (κ3) is 6.20. The molecule has 30 heavy (non-hydrogen) atoms. The van der Waals surface area contributed by atoms with Crippen molar-refractivity contribution in [2.45, 2.75) is 46.1 Å². The summed E-state index contributed by atoms with van der Waals surface area (Å²) in [6.45, 7) is 5.12. The predicted molar refractivity (Wildman–Crippen MR) is 114 cm³/mol. The van der Waals surface area contributed by atoms with Crippen LogP contribution in [0.1, 0.15) is 54.5 Å². The summed E-state index contributed by atoms with van der Waals surface area (Å²) < 4.78 is 5.46. The van der Waals surface area contributed by atoms with Crippen molar-refractivity contribution in [2.75, 3.05) is 18.4 Å². The Balaban J connectivity index is 1.45. The fraction of sp³-hybridized carbons (Fsp3) is 0.435. The van der Waals surface area contributed by atoms with Gasteiger partial charge in [0.15, 0.2) is 0 Å². The highest BCUT2D eigenvalue weighted by Gasteiger charge is 2.25. The molecule has 0 bridgehead atoms. The second kappa shape index (κ2) is 10.1. The van der Waals surface area contributed by atoms with Crippen molar-refractivity contribution in [2.24, 2.45) is 5.92 Å². The summed E-state index contributed by atoms with van der Waals surface area (Å²) in [5.41, 5.74) is 1.28. The van der Waals surface area contributed by atoms with Gasteiger partial charge in [0.05, 0.1) is 6.54 Å². The molecule has 1 aromatic carbocycles. The van der Waals surface area contributed by atoms with Gasteiger partial charge in [-0.3, -0.25) is 14.4 Å². The summed E-state index contributed by atoms with van der Waals surface area (Å²) in [6, 6.07) is 10.7. The van der Waals surface area contributed by atoms with Gasteiger partial charge in [-0.05, 0) is 68.5 Å². The van der Waals surface area contributed by atoms with Crippen LogP contribution in [0.5, 0.6) is 0 Å². The number of hydrogen-bond acceptors (Lipinski definition) is 4. The van der Waals surface area contributed by atoms with Gasteiger partial charge in [-0.1, -0.05) is 0 Å². The Labute approximate surface area is 176 Å². The average Bonchev–Trinajstić information content (AvgIpc) is 3.16. The first kappa shape index (κ1) is 21.6. The Hall–Kier alpha value is -3.09. The SMILES string of the molecule is CC(=O)Nc1ccc(C(=O)N2CCC[C@@H](CCC(=O)NCc3ccc(C)o3)C2)cc1. The zero-order valence-electron chi connectivity index (χ0n) is 17.6. The quantitative estimate of drug-likeness (QED) is 0.729. The molecule has 0 radical (unpaired) electrons. The van der Waals surface area contributed by atoms with Crippen molar-refractivity contribution in [3.8, 4) is 0 Å². The minimum atomic E-state index is -0.142. The van der Waals surface area contributed by atoms with E-state index >= 15 is 0 Å². The second-order valence-electron chi connectivity index (χ2n) is 7.85. The summed E-state index contributed by atoms with van der Waals surface area (Å²) in [4.78, 5) is 38.0. The number of carbonyl (C=O) groups is 3. The molecular formula is C23H29N3O4. The van der Waals surface area contributed by atoms with E-state index in [4.69, 9.17) is 4.42 Å². The molecule has 7 nitrogen and oxygen atoms in total. The van der Waals surface area contributed by atoms with Crippen LogP contribution in [0.4, 0.5) is 5.69 Å². The lowest BCUT2D eigenvalue weighted by Crippen LogP contribution is -2.40. The molecule has 1 atom stereocenters. The summed E-state index contributed by atoms with van der Waals surface area (Å²) >= 11 is 0. The molecular weight excluding hydrogens is 382 g/mol. The Morgan fingerprint density at radius 1 is 1.13 bits per heavy atom. The molecule has 2 aromatic rings. The minimum Gasteiger partial charge on any atom is -0.465 e. The molecule has 1 fully saturated rings. The predicted octanol–water partition coefficient (Wildman–Crippen LogP) is 3.50. The van der Waals surface area contributed by atoms with Gasteiger partial charge in [0.2, 0.25) is 11.8 Å². The molecule has 7 heteroatoms. The van der Waals surface area contributed by atoms with Crippen molar-refractivity contribution >= 4 is 23.4 Å². The van der Waals surface area contributed by atoms with E-state index in [1.54, 1.807) is 24.3 Å². The number of hydrogen-bond donors (Lipinski definition) is 2. The first-order valence-electron chi connectivity index (χ1n) is 10.4. The lowest BCUT2D eigenvalue weighted by molar-refractivity contribution is -0.121. The van der Waals surface area contributed by atoms with Crippen molar-refractivity contribution in [3.05, 3.63) is 53.5 Å². The van der Waals surface area contributed by atoms with Crippen LogP contribution in [-0.4, -0.2) is 35.7 Å². The van der Waals surface area contributed by atoms with Crippen molar-refractivity contribution in [3.63, 3.8) is 0 Å². The molecule has 0 saturated carbocycles. The van der Waals surface area contributed by atoms with Crippen LogP contribution in [0, 0.1) is 12.8 Å². The first-order chi connectivity index (χ1) is 14.4. The number of nitrogens with zero attached hydrogens (tertiary/aromatic N) is 1. The van der Waals surface area contributed by atoms with Gasteiger partial charge in [0.1, 0.15) is 11.5 Å². The first-order valence-corrected chi connectivity index (χ1v) is 10.4. The molecule has 0 unspecified atom stereocenters. The number of benzene rings is 1. The summed E-state index contributed by atoms with van der Waals surface area (Å²) in [6.07, 6.45) is 3.16. The number of carbonyl (C=O) groups excluding carboxylic acids is 3. The molecule has 1 saturated heterocycles. The van der Waals surface area contributed by atoms with Crippen LogP contribution in [0.3, 0.4) is 0 Å². The van der Waals surface area contributed by atoms with Gasteiger partial charge in [-0.25, -0.2) is 0 Å². The fourth-order valence-corrected chi connectivity index (χ4v) is 3.76. The van der Waals surface area contributed by atoms with E-state index in [0.29, 0.717) is 36.7 Å². The zero-order valence-corrected chi connectivity index (χ0v) is 17.6. The summed E-state index contributed by atoms with van der Waals surface area (Å²) in [5.74, 6) is 1.75. The molecule has 1 aliphatic heterocycles. The number of likely N-dealkylation sites (tertiary alicyclic amines) is 1. The Morgan fingerprint density at radius 3 is 2.57 bits per heavy atom. The van der Waals surface area contributed by atoms with Crippen LogP contribution in [0.15, 0.2) is 40.8 Å². The fourth-order valence-electron chi connectivity index (χ4n) is 3.76. The number of anilines is 1. The second-order valence-corrected chi connectivity index (χ2v) is 7.85. The van der Waals surface area contributed by atoms with Gasteiger partial charge in [0, 0.05) is 37.7 Å². The van der Waals surface area contributed by atoms with E-state index in [0.717, 1.165) is 37.3 Å². The van der Waals surface area contributed by atoms with Gasteiger partial charge < -0.3 is 20.0 Å². The number of rotatable bonds is 7. The highest BCUT2D eigenvalue weighted by molar-refractivity contribution is 5.95. The van der Waals surface area contributed by atoms with E-state index in [2.05, 4.69) is 10.6 Å². The number of piperidine rings is 1. The lowest BCUT2D eigenvalue weighted by atomic mass is 9.92. The van der Waals surface area contributed by atoms with Crippen LogP contribution < -0.4 is 10.6 Å². The molecule has 0 aliphatic carbocycles. The van der Waals surface area contributed by atoms with E-state index in [1.807, 2.05) is 24.0 Å². The maximum absolute atomic E-state index is 12.8. The van der Waals surface area contributed by atoms with E-state index < -0.39 is 0 Å². The molecule has 160 valence electrons. The number of furan rings is 1. The Morgan fingerprint density at radius 2 is 1.90 bits per heavy atom. The van der Waals surface area contributed by atoms with E-state index in [9.17, 15) is 14.4 Å². The van der Waals surface area contributed by atoms with Crippen LogP contribution in [-0.2, 0) is 16.1 Å². The molecule has 3 rings (SSSR count). The van der Waals surface area contributed by atoms with Gasteiger partial charge in [-0.15, -0.1) is 0 Å². The van der Waals surface area contributed by atoms with Crippen molar-refractivity contribution < 1.29 is 18.8 Å². The molecule has 0 spiro atoms. The maximum atomic E-state index is 12.8. The highest BCUT2D eigenvalue weighted by atomic mass is 16.3. The normalized spacial score (nSPS) is 16.2. The third-order valence-corrected chi connectivity index (χ3v) is 5.29. The van der Waals surface area contributed by atoms with Crippen LogP contribution in [0.25, 0.3) is 0 Å². The zero-order chi connectivity index (χ0) is 21.5. The summed E-state index contributed by atoms with van der Waals surface area (Å²) in [7, 11) is 0. The third-order valence-electron chi connectivity index (χ3n) is 5.29. The van der Waals surface area contributed by atoms with Gasteiger partial charge in [0.25, 0.3) is 5.91 Å². The summed E-state index contributed by atoms with van der Waals surface area (Å²) in [5, 5.41) is 5.59. The maximum Gasteiger partial charge on any atom is 0.253 e. The van der Waals surface area contributed by atoms with Gasteiger partial charge >= 0.3 is 0 Å². The average molecular weight is 412 g/mol. The Bertz CT molecular complexity index is 888. The van der Waals surface area contributed by atoms with Crippen LogP contribution >= 0.6 is 0 Å². The number of aryl methyl sites for hydroxylation is 1. The van der Waals surface area contributed by atoms with E-state index in [1.165, 1.54) is 6.92 Å². The number of amides is 3.